The van der Waals surface area contributed by atoms with Crippen LogP contribution in [0, 0.1) is 0 Å². The molecule has 1 aliphatic rings. The summed E-state index contributed by atoms with van der Waals surface area (Å²) in [6, 6.07) is 14.5. The Labute approximate surface area is 147 Å². The molecule has 3 rings (SSSR count). The Morgan fingerprint density at radius 2 is 1.92 bits per heavy atom. The van der Waals surface area contributed by atoms with Crippen molar-refractivity contribution in [2.24, 2.45) is 0 Å². The molecule has 1 aliphatic heterocycles. The Morgan fingerprint density at radius 3 is 2.64 bits per heavy atom. The van der Waals surface area contributed by atoms with Gasteiger partial charge < -0.3 is 19.5 Å². The third kappa shape index (κ3) is 4.24. The van der Waals surface area contributed by atoms with E-state index in [-0.39, 0.29) is 18.1 Å². The molecule has 1 N–H and O–H groups in total. The van der Waals surface area contributed by atoms with E-state index in [1.165, 1.54) is 0 Å². The topological polar surface area (TPSA) is 56.8 Å². The van der Waals surface area contributed by atoms with Crippen LogP contribution in [0.1, 0.15) is 30.6 Å². The molecule has 1 amide bonds. The molecule has 2 aromatic rings. The molecular weight excluding hydrogens is 318 g/mol. The molecule has 0 aliphatic carbocycles. The van der Waals surface area contributed by atoms with Crippen LogP contribution in [0.3, 0.4) is 0 Å². The highest BCUT2D eigenvalue weighted by Gasteiger charge is 2.27. The fourth-order valence-corrected chi connectivity index (χ4v) is 2.59. The van der Waals surface area contributed by atoms with E-state index in [1.54, 1.807) is 12.1 Å². The first-order valence-electron chi connectivity index (χ1n) is 8.59. The number of ether oxygens (including phenoxy) is 3. The maximum atomic E-state index is 12.4. The van der Waals surface area contributed by atoms with E-state index in [4.69, 9.17) is 14.2 Å². The quantitative estimate of drug-likeness (QED) is 0.874. The smallest absolute Gasteiger partial charge is 0.251 e. The van der Waals surface area contributed by atoms with Gasteiger partial charge in [-0.15, -0.1) is 0 Å². The van der Waals surface area contributed by atoms with Gasteiger partial charge in [0.05, 0.1) is 12.6 Å². The fraction of sp³-hybridized carbons (Fsp3) is 0.350. The number of carbonyl (C=O) groups is 1. The Kier molecular flexibility index (Phi) is 5.43. The van der Waals surface area contributed by atoms with Crippen LogP contribution in [0.4, 0.5) is 0 Å². The SMILES string of the molecule is CCCOc1ccc(C(=O)NC(C)C2COc3ccccc3O2)cc1. The first kappa shape index (κ1) is 17.1. The van der Waals surface area contributed by atoms with E-state index in [0.717, 1.165) is 17.9 Å². The number of hydrogen-bond donors (Lipinski definition) is 1. The monoisotopic (exact) mass is 341 g/mol. The van der Waals surface area contributed by atoms with Crippen LogP contribution in [-0.2, 0) is 0 Å². The van der Waals surface area contributed by atoms with Crippen molar-refractivity contribution in [2.75, 3.05) is 13.2 Å². The third-order valence-corrected chi connectivity index (χ3v) is 4.04. The number of carbonyl (C=O) groups excluding carboxylic acids is 1. The lowest BCUT2D eigenvalue weighted by Gasteiger charge is -2.30. The highest BCUT2D eigenvalue weighted by Crippen LogP contribution is 2.31. The maximum Gasteiger partial charge on any atom is 0.251 e. The normalized spacial score (nSPS) is 16.8. The van der Waals surface area contributed by atoms with Crippen molar-refractivity contribution in [3.8, 4) is 17.2 Å². The second-order valence-electron chi connectivity index (χ2n) is 6.05. The van der Waals surface area contributed by atoms with E-state index < -0.39 is 0 Å². The molecule has 132 valence electrons. The fourth-order valence-electron chi connectivity index (χ4n) is 2.59. The van der Waals surface area contributed by atoms with Gasteiger partial charge in [-0.2, -0.15) is 0 Å². The van der Waals surface area contributed by atoms with E-state index in [1.807, 2.05) is 43.3 Å². The summed E-state index contributed by atoms with van der Waals surface area (Å²) < 4.78 is 17.2. The zero-order valence-corrected chi connectivity index (χ0v) is 14.5. The minimum absolute atomic E-state index is 0.142. The number of amides is 1. The lowest BCUT2D eigenvalue weighted by molar-refractivity contribution is 0.0606. The summed E-state index contributed by atoms with van der Waals surface area (Å²) in [5.41, 5.74) is 0.591. The third-order valence-electron chi connectivity index (χ3n) is 4.04. The standard InChI is InChI=1S/C20H23NO4/c1-3-12-23-16-10-8-15(9-11-16)20(22)21-14(2)19-13-24-17-6-4-5-7-18(17)25-19/h4-11,14,19H,3,12-13H2,1-2H3,(H,21,22). The Bertz CT molecular complexity index is 714. The van der Waals surface area contributed by atoms with Gasteiger partial charge in [0.2, 0.25) is 0 Å². The summed E-state index contributed by atoms with van der Waals surface area (Å²) in [6.45, 7) is 5.04. The lowest BCUT2D eigenvalue weighted by Crippen LogP contribution is -2.48. The van der Waals surface area contributed by atoms with E-state index in [2.05, 4.69) is 12.2 Å². The summed E-state index contributed by atoms with van der Waals surface area (Å²) in [5, 5.41) is 2.97. The molecule has 0 fully saturated rings. The van der Waals surface area contributed by atoms with Crippen LogP contribution in [-0.4, -0.2) is 31.3 Å². The van der Waals surface area contributed by atoms with Gasteiger partial charge in [0.15, 0.2) is 17.6 Å². The first-order chi connectivity index (χ1) is 12.2. The average molecular weight is 341 g/mol. The molecule has 0 spiro atoms. The van der Waals surface area contributed by atoms with Crippen molar-refractivity contribution in [2.45, 2.75) is 32.4 Å². The van der Waals surface area contributed by atoms with Crippen molar-refractivity contribution in [1.82, 2.24) is 5.32 Å². The van der Waals surface area contributed by atoms with Crippen LogP contribution >= 0.6 is 0 Å². The van der Waals surface area contributed by atoms with Gasteiger partial charge in [-0.3, -0.25) is 4.79 Å². The van der Waals surface area contributed by atoms with Gasteiger partial charge in [-0.05, 0) is 49.7 Å². The molecule has 5 heteroatoms. The van der Waals surface area contributed by atoms with E-state index in [9.17, 15) is 4.79 Å². The van der Waals surface area contributed by atoms with Crippen molar-refractivity contribution < 1.29 is 19.0 Å². The van der Waals surface area contributed by atoms with Crippen molar-refractivity contribution in [3.05, 3.63) is 54.1 Å². The second-order valence-corrected chi connectivity index (χ2v) is 6.05. The zero-order chi connectivity index (χ0) is 17.6. The molecule has 2 aromatic carbocycles. The molecule has 0 radical (unpaired) electrons. The van der Waals surface area contributed by atoms with Crippen molar-refractivity contribution >= 4 is 5.91 Å². The van der Waals surface area contributed by atoms with Gasteiger partial charge >= 0.3 is 0 Å². The van der Waals surface area contributed by atoms with Crippen LogP contribution in [0.2, 0.25) is 0 Å². The van der Waals surface area contributed by atoms with Gasteiger partial charge in [-0.1, -0.05) is 19.1 Å². The predicted octanol–water partition coefficient (Wildman–Crippen LogP) is 3.43. The summed E-state index contributed by atoms with van der Waals surface area (Å²) >= 11 is 0. The molecule has 0 aromatic heterocycles. The summed E-state index contributed by atoms with van der Waals surface area (Å²) in [4.78, 5) is 12.4. The second kappa shape index (κ2) is 7.92. The summed E-state index contributed by atoms with van der Waals surface area (Å²) in [6.07, 6.45) is 0.720. The highest BCUT2D eigenvalue weighted by molar-refractivity contribution is 5.94. The minimum Gasteiger partial charge on any atom is -0.494 e. The Morgan fingerprint density at radius 1 is 1.20 bits per heavy atom. The molecule has 1 heterocycles. The molecule has 25 heavy (non-hydrogen) atoms. The van der Waals surface area contributed by atoms with Crippen molar-refractivity contribution in [1.29, 1.82) is 0 Å². The summed E-state index contributed by atoms with van der Waals surface area (Å²) in [5.74, 6) is 2.07. The molecule has 0 saturated carbocycles. The number of fused-ring (bicyclic) bond motifs is 1. The Hall–Kier alpha value is -2.69. The predicted molar refractivity (Wildman–Crippen MR) is 95.5 cm³/mol. The minimum atomic E-state index is -0.231. The van der Waals surface area contributed by atoms with E-state index in [0.29, 0.717) is 24.5 Å². The maximum absolute atomic E-state index is 12.4. The molecular formula is C20H23NO4. The Balaban J connectivity index is 1.57. The first-order valence-corrected chi connectivity index (χ1v) is 8.59. The zero-order valence-electron chi connectivity index (χ0n) is 14.5. The van der Waals surface area contributed by atoms with Crippen molar-refractivity contribution in [3.63, 3.8) is 0 Å². The molecule has 2 unspecified atom stereocenters. The van der Waals surface area contributed by atoms with Gasteiger partial charge in [0.1, 0.15) is 12.4 Å². The highest BCUT2D eigenvalue weighted by atomic mass is 16.6. The molecule has 0 saturated heterocycles. The molecule has 2 atom stereocenters. The average Bonchev–Trinajstić information content (AvgIpc) is 2.66. The number of nitrogens with one attached hydrogen (secondary N) is 1. The van der Waals surface area contributed by atoms with E-state index >= 15 is 0 Å². The van der Waals surface area contributed by atoms with Crippen LogP contribution < -0.4 is 19.5 Å². The van der Waals surface area contributed by atoms with Gasteiger partial charge in [0, 0.05) is 5.56 Å². The number of para-hydroxylation sites is 2. The number of hydrogen-bond acceptors (Lipinski definition) is 4. The van der Waals surface area contributed by atoms with Gasteiger partial charge in [-0.25, -0.2) is 0 Å². The summed E-state index contributed by atoms with van der Waals surface area (Å²) in [7, 11) is 0. The largest absolute Gasteiger partial charge is 0.494 e. The molecule has 5 nitrogen and oxygen atoms in total. The van der Waals surface area contributed by atoms with Crippen LogP contribution in [0.25, 0.3) is 0 Å². The van der Waals surface area contributed by atoms with Gasteiger partial charge in [0.25, 0.3) is 5.91 Å². The van der Waals surface area contributed by atoms with Crippen LogP contribution in [0.5, 0.6) is 17.2 Å². The number of rotatable bonds is 6. The molecule has 0 bridgehead atoms. The lowest BCUT2D eigenvalue weighted by atomic mass is 10.1. The van der Waals surface area contributed by atoms with Crippen LogP contribution in [0.15, 0.2) is 48.5 Å². The number of benzene rings is 2.